The zero-order chi connectivity index (χ0) is 14.8. The number of hydrogen-bond acceptors (Lipinski definition) is 4. The van der Waals surface area contributed by atoms with Crippen LogP contribution in [0.3, 0.4) is 0 Å². The van der Waals surface area contributed by atoms with Crippen LogP contribution in [-0.4, -0.2) is 10.1 Å². The third-order valence-electron chi connectivity index (χ3n) is 2.99. The lowest BCUT2D eigenvalue weighted by atomic mass is 10.1. The van der Waals surface area contributed by atoms with E-state index in [-0.39, 0.29) is 17.4 Å². The molecule has 0 saturated carbocycles. The van der Waals surface area contributed by atoms with E-state index in [1.165, 1.54) is 30.3 Å². The Hall–Kier alpha value is -2.76. The highest BCUT2D eigenvalue weighted by atomic mass is 19.1. The number of halogens is 2. The largest absolute Gasteiger partial charge is 0.398 e. The Bertz CT molecular complexity index is 769. The number of nitrogen functional groups attached to an aromatic ring is 1. The van der Waals surface area contributed by atoms with Crippen LogP contribution in [0.5, 0.6) is 0 Å². The summed E-state index contributed by atoms with van der Waals surface area (Å²) in [5.74, 6) is -0.0566. The lowest BCUT2D eigenvalue weighted by Gasteiger charge is -1.99. The fourth-order valence-electron chi connectivity index (χ4n) is 1.95. The van der Waals surface area contributed by atoms with Crippen molar-refractivity contribution < 1.29 is 13.3 Å². The van der Waals surface area contributed by atoms with Gasteiger partial charge in [-0.15, -0.1) is 0 Å². The van der Waals surface area contributed by atoms with Crippen LogP contribution >= 0.6 is 0 Å². The van der Waals surface area contributed by atoms with E-state index in [4.69, 9.17) is 10.3 Å². The standard InChI is InChI=1S/C15H11F2N3O/c16-10-3-1-9(2-4-10)7-14-19-15(21-20-14)12-6-5-11(17)8-13(12)18/h1-6,8H,7,18H2. The predicted octanol–water partition coefficient (Wildman–Crippen LogP) is 3.19. The molecule has 2 aromatic carbocycles. The van der Waals surface area contributed by atoms with Crippen LogP contribution in [0.2, 0.25) is 0 Å². The molecule has 0 radical (unpaired) electrons. The van der Waals surface area contributed by atoms with E-state index in [9.17, 15) is 8.78 Å². The average Bonchev–Trinajstić information content (AvgIpc) is 2.90. The van der Waals surface area contributed by atoms with Gasteiger partial charge in [0.15, 0.2) is 5.82 Å². The molecule has 0 fully saturated rings. The average molecular weight is 287 g/mol. The predicted molar refractivity (Wildman–Crippen MR) is 73.3 cm³/mol. The Morgan fingerprint density at radius 3 is 2.43 bits per heavy atom. The molecule has 106 valence electrons. The maximum Gasteiger partial charge on any atom is 0.260 e. The zero-order valence-corrected chi connectivity index (χ0v) is 10.9. The first-order valence-electron chi connectivity index (χ1n) is 6.24. The van der Waals surface area contributed by atoms with Gasteiger partial charge in [-0.05, 0) is 35.9 Å². The molecule has 0 amide bonds. The van der Waals surface area contributed by atoms with E-state index in [1.54, 1.807) is 12.1 Å². The van der Waals surface area contributed by atoms with Crippen LogP contribution in [-0.2, 0) is 6.42 Å². The van der Waals surface area contributed by atoms with Gasteiger partial charge in [-0.3, -0.25) is 0 Å². The molecule has 3 aromatic rings. The van der Waals surface area contributed by atoms with Crippen LogP contribution in [0.15, 0.2) is 47.0 Å². The fourth-order valence-corrected chi connectivity index (χ4v) is 1.95. The Kier molecular flexibility index (Phi) is 3.35. The smallest absolute Gasteiger partial charge is 0.260 e. The van der Waals surface area contributed by atoms with E-state index in [0.717, 1.165) is 5.56 Å². The van der Waals surface area contributed by atoms with Crippen LogP contribution < -0.4 is 5.73 Å². The molecule has 1 heterocycles. The molecule has 4 nitrogen and oxygen atoms in total. The number of nitrogens with zero attached hydrogens (tertiary/aromatic N) is 2. The monoisotopic (exact) mass is 287 g/mol. The van der Waals surface area contributed by atoms with E-state index in [1.807, 2.05) is 0 Å². The summed E-state index contributed by atoms with van der Waals surface area (Å²) in [6, 6.07) is 9.99. The van der Waals surface area contributed by atoms with E-state index >= 15 is 0 Å². The lowest BCUT2D eigenvalue weighted by molar-refractivity contribution is 0.424. The van der Waals surface area contributed by atoms with Crippen molar-refractivity contribution in [2.75, 3.05) is 5.73 Å². The molecule has 6 heteroatoms. The summed E-state index contributed by atoms with van der Waals surface area (Å²) in [6.45, 7) is 0. The molecule has 21 heavy (non-hydrogen) atoms. The summed E-state index contributed by atoms with van der Waals surface area (Å²) >= 11 is 0. The third kappa shape index (κ3) is 2.89. The van der Waals surface area contributed by atoms with Crippen molar-refractivity contribution in [2.45, 2.75) is 6.42 Å². The highest BCUT2D eigenvalue weighted by Gasteiger charge is 2.12. The molecular formula is C15H11F2N3O. The molecule has 1 aromatic heterocycles. The minimum Gasteiger partial charge on any atom is -0.398 e. The van der Waals surface area contributed by atoms with Gasteiger partial charge in [-0.1, -0.05) is 17.3 Å². The van der Waals surface area contributed by atoms with Gasteiger partial charge < -0.3 is 10.3 Å². The Balaban J connectivity index is 1.84. The summed E-state index contributed by atoms with van der Waals surface area (Å²) in [5, 5.41) is 3.84. The van der Waals surface area contributed by atoms with Crippen molar-refractivity contribution >= 4 is 5.69 Å². The number of benzene rings is 2. The quantitative estimate of drug-likeness (QED) is 0.751. The second kappa shape index (κ2) is 5.32. The van der Waals surface area contributed by atoms with Gasteiger partial charge in [0.05, 0.1) is 5.56 Å². The number of rotatable bonds is 3. The number of nitrogens with two attached hydrogens (primary N) is 1. The third-order valence-corrected chi connectivity index (χ3v) is 2.99. The Morgan fingerprint density at radius 2 is 1.71 bits per heavy atom. The van der Waals surface area contributed by atoms with Crippen molar-refractivity contribution in [3.8, 4) is 11.5 Å². The zero-order valence-electron chi connectivity index (χ0n) is 10.9. The second-order valence-electron chi connectivity index (χ2n) is 4.55. The highest BCUT2D eigenvalue weighted by molar-refractivity contribution is 5.70. The van der Waals surface area contributed by atoms with Gasteiger partial charge in [0.2, 0.25) is 0 Å². The molecule has 0 unspecified atom stereocenters. The Morgan fingerprint density at radius 1 is 1.00 bits per heavy atom. The molecule has 0 aliphatic heterocycles. The van der Waals surface area contributed by atoms with Gasteiger partial charge in [0.25, 0.3) is 5.89 Å². The molecular weight excluding hydrogens is 276 g/mol. The maximum absolute atomic E-state index is 13.0. The van der Waals surface area contributed by atoms with Gasteiger partial charge in [0, 0.05) is 12.1 Å². The number of aromatic nitrogens is 2. The normalized spacial score (nSPS) is 10.8. The molecule has 2 N–H and O–H groups in total. The fraction of sp³-hybridized carbons (Fsp3) is 0.0667. The van der Waals surface area contributed by atoms with Crippen LogP contribution in [0.4, 0.5) is 14.5 Å². The summed E-state index contributed by atoms with van der Waals surface area (Å²) in [5.41, 5.74) is 7.29. The minimum absolute atomic E-state index is 0.226. The molecule has 0 bridgehead atoms. The van der Waals surface area contributed by atoms with Gasteiger partial charge >= 0.3 is 0 Å². The van der Waals surface area contributed by atoms with Crippen molar-refractivity contribution in [2.24, 2.45) is 0 Å². The number of anilines is 1. The van der Waals surface area contributed by atoms with Crippen LogP contribution in [0.1, 0.15) is 11.4 Å². The summed E-state index contributed by atoms with van der Waals surface area (Å²) in [7, 11) is 0. The lowest BCUT2D eigenvalue weighted by Crippen LogP contribution is -1.93. The van der Waals surface area contributed by atoms with Crippen molar-refractivity contribution in [3.63, 3.8) is 0 Å². The first kappa shape index (κ1) is 13.2. The number of hydrogen-bond donors (Lipinski definition) is 1. The molecule has 0 saturated heterocycles. The van der Waals surface area contributed by atoms with Gasteiger partial charge in [-0.25, -0.2) is 8.78 Å². The van der Waals surface area contributed by atoms with Crippen LogP contribution in [0.25, 0.3) is 11.5 Å². The Labute approximate surface area is 119 Å². The molecule has 3 rings (SSSR count). The summed E-state index contributed by atoms with van der Waals surface area (Å²) < 4.78 is 31.0. The first-order chi connectivity index (χ1) is 10.1. The van der Waals surface area contributed by atoms with Crippen molar-refractivity contribution in [3.05, 3.63) is 65.5 Å². The molecule has 0 aliphatic carbocycles. The van der Waals surface area contributed by atoms with Gasteiger partial charge in [0.1, 0.15) is 11.6 Å². The summed E-state index contributed by atoms with van der Waals surface area (Å²) in [6.07, 6.45) is 0.408. The van der Waals surface area contributed by atoms with E-state index < -0.39 is 5.82 Å². The van der Waals surface area contributed by atoms with E-state index in [2.05, 4.69) is 10.1 Å². The van der Waals surface area contributed by atoms with Crippen LogP contribution in [0, 0.1) is 11.6 Å². The van der Waals surface area contributed by atoms with Crippen molar-refractivity contribution in [1.82, 2.24) is 10.1 Å². The second-order valence-corrected chi connectivity index (χ2v) is 4.55. The molecule has 0 spiro atoms. The minimum atomic E-state index is -0.428. The molecule has 0 atom stereocenters. The SMILES string of the molecule is Nc1cc(F)ccc1-c1nc(Cc2ccc(F)cc2)no1. The topological polar surface area (TPSA) is 64.9 Å². The van der Waals surface area contributed by atoms with Crippen molar-refractivity contribution in [1.29, 1.82) is 0 Å². The summed E-state index contributed by atoms with van der Waals surface area (Å²) in [4.78, 5) is 4.21. The highest BCUT2D eigenvalue weighted by Crippen LogP contribution is 2.25. The molecule has 0 aliphatic rings. The first-order valence-corrected chi connectivity index (χ1v) is 6.24. The maximum atomic E-state index is 13.0. The van der Waals surface area contributed by atoms with Gasteiger partial charge in [-0.2, -0.15) is 4.98 Å². The van der Waals surface area contributed by atoms with E-state index in [0.29, 0.717) is 17.8 Å².